The van der Waals surface area contributed by atoms with Gasteiger partial charge in [0, 0.05) is 30.7 Å². The molecule has 4 rings (SSSR count). The van der Waals surface area contributed by atoms with Crippen LogP contribution in [0.5, 0.6) is 5.75 Å². The first-order valence-electron chi connectivity index (χ1n) is 9.70. The van der Waals surface area contributed by atoms with Gasteiger partial charge in [-0.1, -0.05) is 48.5 Å². The molecule has 28 heavy (non-hydrogen) atoms. The number of rotatable bonds is 5. The van der Waals surface area contributed by atoms with Crippen LogP contribution in [0.1, 0.15) is 28.8 Å². The molecule has 0 bridgehead atoms. The number of nitrogens with one attached hydrogen (secondary N) is 1. The van der Waals surface area contributed by atoms with Crippen LogP contribution in [0.3, 0.4) is 0 Å². The first-order valence-corrected chi connectivity index (χ1v) is 9.70. The van der Waals surface area contributed by atoms with Gasteiger partial charge in [0.1, 0.15) is 5.75 Å². The van der Waals surface area contributed by atoms with E-state index in [0.29, 0.717) is 19.8 Å². The van der Waals surface area contributed by atoms with Crippen molar-refractivity contribution in [3.8, 4) is 5.75 Å². The van der Waals surface area contributed by atoms with Gasteiger partial charge in [-0.05, 0) is 47.4 Å². The maximum atomic E-state index is 13.0. The zero-order chi connectivity index (χ0) is 19.4. The molecule has 0 unspecified atom stereocenters. The Balaban J connectivity index is 1.58. The third-order valence-corrected chi connectivity index (χ3v) is 5.77. The smallest absolute Gasteiger partial charge is 0.251 e. The Kier molecular flexibility index (Phi) is 5.31. The van der Waals surface area contributed by atoms with Crippen molar-refractivity contribution < 1.29 is 14.3 Å². The zero-order valence-electron chi connectivity index (χ0n) is 16.1. The van der Waals surface area contributed by atoms with Gasteiger partial charge in [-0.2, -0.15) is 0 Å². The highest BCUT2D eigenvalue weighted by molar-refractivity contribution is 6.07. The van der Waals surface area contributed by atoms with Crippen molar-refractivity contribution in [3.05, 3.63) is 77.9 Å². The number of hydrogen-bond donors (Lipinski definition) is 1. The largest absolute Gasteiger partial charge is 0.497 e. The maximum Gasteiger partial charge on any atom is 0.251 e. The lowest BCUT2D eigenvalue weighted by molar-refractivity contribution is 0.0487. The molecular weight excluding hydrogens is 350 g/mol. The van der Waals surface area contributed by atoms with Crippen LogP contribution in [0.4, 0.5) is 0 Å². The standard InChI is InChI=1S/C24H25NO3/c1-27-20-11-9-19(10-12-20)24(13-15-28-16-14-24)17-25-23(26)22-8-4-6-18-5-2-3-7-21(18)22/h2-12H,13-17H2,1H3,(H,25,26). The fraction of sp³-hybridized carbons (Fsp3) is 0.292. The molecule has 3 aromatic rings. The van der Waals surface area contributed by atoms with Crippen LogP contribution in [0.2, 0.25) is 0 Å². The second-order valence-corrected chi connectivity index (χ2v) is 7.33. The summed E-state index contributed by atoms with van der Waals surface area (Å²) in [6, 6.07) is 22.0. The highest BCUT2D eigenvalue weighted by atomic mass is 16.5. The first-order chi connectivity index (χ1) is 13.7. The van der Waals surface area contributed by atoms with Crippen molar-refractivity contribution in [1.29, 1.82) is 0 Å². The van der Waals surface area contributed by atoms with E-state index < -0.39 is 0 Å². The summed E-state index contributed by atoms with van der Waals surface area (Å²) in [4.78, 5) is 13.0. The molecule has 0 radical (unpaired) electrons. The number of carbonyl (C=O) groups is 1. The molecular formula is C24H25NO3. The second kappa shape index (κ2) is 8.03. The molecule has 1 heterocycles. The van der Waals surface area contributed by atoms with E-state index in [0.717, 1.165) is 34.9 Å². The molecule has 1 aliphatic rings. The summed E-state index contributed by atoms with van der Waals surface area (Å²) in [5.41, 5.74) is 1.81. The molecule has 0 atom stereocenters. The molecule has 1 aliphatic heterocycles. The molecule has 0 aliphatic carbocycles. The summed E-state index contributed by atoms with van der Waals surface area (Å²) in [6.45, 7) is 2.00. The van der Waals surface area contributed by atoms with E-state index in [1.807, 2.05) is 54.6 Å². The maximum absolute atomic E-state index is 13.0. The van der Waals surface area contributed by atoms with Gasteiger partial charge in [0.15, 0.2) is 0 Å². The minimum Gasteiger partial charge on any atom is -0.497 e. The quantitative estimate of drug-likeness (QED) is 0.722. The fourth-order valence-corrected chi connectivity index (χ4v) is 4.04. The lowest BCUT2D eigenvalue weighted by atomic mass is 9.74. The normalized spacial score (nSPS) is 15.9. The highest BCUT2D eigenvalue weighted by Gasteiger charge is 2.35. The Hall–Kier alpha value is -2.85. The van der Waals surface area contributed by atoms with Crippen LogP contribution in [0, 0.1) is 0 Å². The Labute approximate surface area is 165 Å². The van der Waals surface area contributed by atoms with Crippen molar-refractivity contribution >= 4 is 16.7 Å². The highest BCUT2D eigenvalue weighted by Crippen LogP contribution is 2.35. The molecule has 1 fully saturated rings. The van der Waals surface area contributed by atoms with Crippen LogP contribution < -0.4 is 10.1 Å². The number of amides is 1. The van der Waals surface area contributed by atoms with E-state index >= 15 is 0 Å². The molecule has 4 heteroatoms. The van der Waals surface area contributed by atoms with E-state index in [1.54, 1.807) is 7.11 Å². The summed E-state index contributed by atoms with van der Waals surface area (Å²) in [5, 5.41) is 5.26. The van der Waals surface area contributed by atoms with Crippen molar-refractivity contribution in [2.75, 3.05) is 26.9 Å². The predicted octanol–water partition coefficient (Wildman–Crippen LogP) is 4.33. The second-order valence-electron chi connectivity index (χ2n) is 7.33. The zero-order valence-corrected chi connectivity index (χ0v) is 16.1. The lowest BCUT2D eigenvalue weighted by Crippen LogP contribution is -2.44. The number of ether oxygens (including phenoxy) is 2. The number of methoxy groups -OCH3 is 1. The Morgan fingerprint density at radius 2 is 1.71 bits per heavy atom. The van der Waals surface area contributed by atoms with Crippen LogP contribution in [0.25, 0.3) is 10.8 Å². The summed E-state index contributed by atoms with van der Waals surface area (Å²) < 4.78 is 10.9. The van der Waals surface area contributed by atoms with Gasteiger partial charge in [0.2, 0.25) is 0 Å². The van der Waals surface area contributed by atoms with Crippen LogP contribution in [0.15, 0.2) is 66.7 Å². The van der Waals surface area contributed by atoms with Gasteiger partial charge < -0.3 is 14.8 Å². The van der Waals surface area contributed by atoms with E-state index in [1.165, 1.54) is 5.56 Å². The van der Waals surface area contributed by atoms with Crippen LogP contribution in [-0.2, 0) is 10.2 Å². The first kappa shape index (κ1) is 18.5. The average Bonchev–Trinajstić information content (AvgIpc) is 2.78. The van der Waals surface area contributed by atoms with Crippen molar-refractivity contribution in [1.82, 2.24) is 5.32 Å². The third-order valence-electron chi connectivity index (χ3n) is 5.77. The molecule has 1 amide bonds. The molecule has 4 nitrogen and oxygen atoms in total. The van der Waals surface area contributed by atoms with E-state index in [9.17, 15) is 4.79 Å². The summed E-state index contributed by atoms with van der Waals surface area (Å²) in [5.74, 6) is 0.807. The monoisotopic (exact) mass is 375 g/mol. The molecule has 144 valence electrons. The number of hydrogen-bond acceptors (Lipinski definition) is 3. The SMILES string of the molecule is COc1ccc(C2(CNC(=O)c3cccc4ccccc34)CCOCC2)cc1. The molecule has 0 aromatic heterocycles. The molecule has 1 N–H and O–H groups in total. The summed E-state index contributed by atoms with van der Waals surface area (Å²) in [7, 11) is 1.67. The summed E-state index contributed by atoms with van der Waals surface area (Å²) >= 11 is 0. The van der Waals surface area contributed by atoms with Gasteiger partial charge in [-0.25, -0.2) is 0 Å². The number of carbonyl (C=O) groups excluding carboxylic acids is 1. The van der Waals surface area contributed by atoms with Gasteiger partial charge in [0.05, 0.1) is 7.11 Å². The Bertz CT molecular complexity index is 954. The molecule has 1 saturated heterocycles. The summed E-state index contributed by atoms with van der Waals surface area (Å²) in [6.07, 6.45) is 1.77. The van der Waals surface area contributed by atoms with Gasteiger partial charge in [-0.15, -0.1) is 0 Å². The van der Waals surface area contributed by atoms with E-state index in [2.05, 4.69) is 17.4 Å². The van der Waals surface area contributed by atoms with Crippen molar-refractivity contribution in [2.45, 2.75) is 18.3 Å². The average molecular weight is 375 g/mol. The number of fused-ring (bicyclic) bond motifs is 1. The van der Waals surface area contributed by atoms with Crippen molar-refractivity contribution in [3.63, 3.8) is 0 Å². The van der Waals surface area contributed by atoms with Gasteiger partial charge >= 0.3 is 0 Å². The minimum atomic E-state index is -0.120. The fourth-order valence-electron chi connectivity index (χ4n) is 4.04. The Morgan fingerprint density at radius 3 is 2.46 bits per heavy atom. The predicted molar refractivity (Wildman–Crippen MR) is 111 cm³/mol. The number of benzene rings is 3. The molecule has 3 aromatic carbocycles. The minimum absolute atomic E-state index is 0.0313. The van der Waals surface area contributed by atoms with Crippen LogP contribution >= 0.6 is 0 Å². The van der Waals surface area contributed by atoms with E-state index in [4.69, 9.17) is 9.47 Å². The van der Waals surface area contributed by atoms with Crippen molar-refractivity contribution in [2.24, 2.45) is 0 Å². The lowest BCUT2D eigenvalue weighted by Gasteiger charge is -2.38. The van der Waals surface area contributed by atoms with Gasteiger partial charge in [-0.3, -0.25) is 4.79 Å². The van der Waals surface area contributed by atoms with E-state index in [-0.39, 0.29) is 11.3 Å². The van der Waals surface area contributed by atoms with Gasteiger partial charge in [0.25, 0.3) is 5.91 Å². The van der Waals surface area contributed by atoms with Crippen LogP contribution in [-0.4, -0.2) is 32.8 Å². The molecule has 0 spiro atoms. The third kappa shape index (κ3) is 3.60. The molecule has 0 saturated carbocycles. The Morgan fingerprint density at radius 1 is 1.00 bits per heavy atom. The topological polar surface area (TPSA) is 47.6 Å².